The molecule has 0 amide bonds. The summed E-state index contributed by atoms with van der Waals surface area (Å²) in [5, 5.41) is 2.12. The molecular weight excluding hydrogens is 251 g/mol. The summed E-state index contributed by atoms with van der Waals surface area (Å²) in [6.45, 7) is -0.393. The molecule has 2 rings (SSSR count). The van der Waals surface area contributed by atoms with Gasteiger partial charge in [0.05, 0.1) is 5.88 Å². The molecule has 0 aliphatic heterocycles. The second kappa shape index (κ2) is 6.28. The number of ether oxygens (including phenoxy) is 1. The van der Waals surface area contributed by atoms with Crippen LogP contribution in [0.3, 0.4) is 0 Å². The van der Waals surface area contributed by atoms with Crippen molar-refractivity contribution in [1.29, 1.82) is 0 Å². The van der Waals surface area contributed by atoms with E-state index in [2.05, 4.69) is 11.8 Å². The van der Waals surface area contributed by atoms with Gasteiger partial charge in [-0.15, -0.1) is 11.6 Å². The largest absolute Gasteiger partial charge is 0.491 e. The van der Waals surface area contributed by atoms with Crippen molar-refractivity contribution in [2.24, 2.45) is 0 Å². The number of halogens is 2. The quantitative estimate of drug-likeness (QED) is 0.604. The molecule has 18 heavy (non-hydrogen) atoms. The van der Waals surface area contributed by atoms with Crippen LogP contribution in [0.2, 0.25) is 0 Å². The molecule has 0 aromatic heterocycles. The van der Waals surface area contributed by atoms with Crippen LogP contribution >= 0.6 is 11.6 Å². The molecule has 0 unspecified atom stereocenters. The Morgan fingerprint density at radius 1 is 1.11 bits per heavy atom. The SMILES string of the molecule is FCCOc1ccc2cc(C#CCCl)ccc2c1. The standard InChI is InChI=1S/C15H12ClFO/c16-7-1-2-12-3-4-14-11-15(18-9-8-17)6-5-13(14)10-12/h3-6,10-11H,7-9H2. The highest BCUT2D eigenvalue weighted by Gasteiger charge is 1.98. The van der Waals surface area contributed by atoms with E-state index in [0.29, 0.717) is 11.6 Å². The first kappa shape index (κ1) is 12.7. The lowest BCUT2D eigenvalue weighted by atomic mass is 10.1. The minimum Gasteiger partial charge on any atom is -0.491 e. The van der Waals surface area contributed by atoms with Crippen LogP contribution in [-0.4, -0.2) is 19.2 Å². The zero-order valence-corrected chi connectivity index (χ0v) is 10.5. The normalized spacial score (nSPS) is 9.89. The monoisotopic (exact) mass is 262 g/mol. The minimum atomic E-state index is -0.481. The van der Waals surface area contributed by atoms with Crippen LogP contribution < -0.4 is 4.74 Å². The van der Waals surface area contributed by atoms with E-state index in [1.165, 1.54) is 0 Å². The van der Waals surface area contributed by atoms with Crippen LogP contribution in [0.5, 0.6) is 5.75 Å². The summed E-state index contributed by atoms with van der Waals surface area (Å²) >= 11 is 5.52. The summed E-state index contributed by atoms with van der Waals surface area (Å²) in [7, 11) is 0. The molecule has 2 aromatic rings. The fourth-order valence-electron chi connectivity index (χ4n) is 1.68. The summed E-state index contributed by atoms with van der Waals surface area (Å²) in [6, 6.07) is 11.6. The molecule has 0 heterocycles. The molecule has 0 saturated heterocycles. The molecule has 0 atom stereocenters. The molecular formula is C15H12ClFO. The number of hydrogen-bond donors (Lipinski definition) is 0. The Bertz CT molecular complexity index is 598. The average molecular weight is 263 g/mol. The van der Waals surface area contributed by atoms with Crippen molar-refractivity contribution in [3.63, 3.8) is 0 Å². The van der Waals surface area contributed by atoms with Crippen molar-refractivity contribution < 1.29 is 9.13 Å². The molecule has 0 fully saturated rings. The van der Waals surface area contributed by atoms with Gasteiger partial charge in [0.2, 0.25) is 0 Å². The number of hydrogen-bond acceptors (Lipinski definition) is 1. The number of alkyl halides is 2. The molecule has 1 nitrogen and oxygen atoms in total. The van der Waals surface area contributed by atoms with Crippen molar-refractivity contribution in [2.75, 3.05) is 19.2 Å². The third-order valence-electron chi connectivity index (χ3n) is 2.46. The first-order valence-electron chi connectivity index (χ1n) is 5.61. The lowest BCUT2D eigenvalue weighted by molar-refractivity contribution is 0.273. The number of benzene rings is 2. The lowest BCUT2D eigenvalue weighted by Crippen LogP contribution is -1.98. The summed E-state index contributed by atoms with van der Waals surface area (Å²) in [5.41, 5.74) is 0.931. The maximum Gasteiger partial charge on any atom is 0.123 e. The fourth-order valence-corrected chi connectivity index (χ4v) is 1.75. The van der Waals surface area contributed by atoms with Gasteiger partial charge in [-0.05, 0) is 35.0 Å². The highest BCUT2D eigenvalue weighted by Crippen LogP contribution is 2.21. The maximum absolute atomic E-state index is 12.0. The lowest BCUT2D eigenvalue weighted by Gasteiger charge is -2.05. The zero-order chi connectivity index (χ0) is 12.8. The highest BCUT2D eigenvalue weighted by molar-refractivity contribution is 6.19. The second-order valence-electron chi connectivity index (χ2n) is 3.70. The summed E-state index contributed by atoms with van der Waals surface area (Å²) in [5.74, 6) is 6.80. The van der Waals surface area contributed by atoms with E-state index >= 15 is 0 Å². The van der Waals surface area contributed by atoms with Crippen LogP contribution in [0.1, 0.15) is 5.56 Å². The van der Waals surface area contributed by atoms with Gasteiger partial charge in [-0.2, -0.15) is 0 Å². The van der Waals surface area contributed by atoms with Crippen molar-refractivity contribution in [1.82, 2.24) is 0 Å². The van der Waals surface area contributed by atoms with Crippen LogP contribution in [0.15, 0.2) is 36.4 Å². The molecule has 3 heteroatoms. The highest BCUT2D eigenvalue weighted by atomic mass is 35.5. The van der Waals surface area contributed by atoms with Gasteiger partial charge in [0, 0.05) is 5.56 Å². The Hall–Kier alpha value is -1.72. The van der Waals surface area contributed by atoms with Crippen molar-refractivity contribution in [3.8, 4) is 17.6 Å². The van der Waals surface area contributed by atoms with Gasteiger partial charge in [0.15, 0.2) is 0 Å². The van der Waals surface area contributed by atoms with Crippen LogP contribution in [0, 0.1) is 11.8 Å². The molecule has 0 spiro atoms. The molecule has 2 aromatic carbocycles. The predicted octanol–water partition coefficient (Wildman–Crippen LogP) is 3.78. The van der Waals surface area contributed by atoms with Gasteiger partial charge < -0.3 is 4.74 Å². The summed E-state index contributed by atoms with van der Waals surface area (Å²) in [6.07, 6.45) is 0. The molecule has 0 aliphatic rings. The summed E-state index contributed by atoms with van der Waals surface area (Å²) < 4.78 is 17.3. The van der Waals surface area contributed by atoms with Gasteiger partial charge in [0.1, 0.15) is 19.0 Å². The molecule has 0 N–H and O–H groups in total. The van der Waals surface area contributed by atoms with Gasteiger partial charge in [0.25, 0.3) is 0 Å². The Kier molecular flexibility index (Phi) is 4.44. The van der Waals surface area contributed by atoms with Crippen molar-refractivity contribution >= 4 is 22.4 Å². The van der Waals surface area contributed by atoms with Crippen LogP contribution in [0.25, 0.3) is 10.8 Å². The van der Waals surface area contributed by atoms with E-state index in [1.807, 2.05) is 36.4 Å². The fraction of sp³-hybridized carbons (Fsp3) is 0.200. The number of rotatable bonds is 3. The average Bonchev–Trinajstić information content (AvgIpc) is 2.42. The molecule has 0 bridgehead atoms. The van der Waals surface area contributed by atoms with E-state index in [0.717, 1.165) is 16.3 Å². The van der Waals surface area contributed by atoms with Gasteiger partial charge in [-0.1, -0.05) is 24.0 Å². The number of fused-ring (bicyclic) bond motifs is 1. The van der Waals surface area contributed by atoms with Gasteiger partial charge >= 0.3 is 0 Å². The molecule has 0 saturated carbocycles. The minimum absolute atomic E-state index is 0.0881. The Labute approximate surface area is 111 Å². The van der Waals surface area contributed by atoms with E-state index in [1.54, 1.807) is 0 Å². The smallest absolute Gasteiger partial charge is 0.123 e. The molecule has 0 aliphatic carbocycles. The van der Waals surface area contributed by atoms with Crippen molar-refractivity contribution in [3.05, 3.63) is 42.0 Å². The first-order chi connectivity index (χ1) is 8.83. The Morgan fingerprint density at radius 3 is 2.67 bits per heavy atom. The van der Waals surface area contributed by atoms with Crippen LogP contribution in [0.4, 0.5) is 4.39 Å². The Morgan fingerprint density at radius 2 is 1.89 bits per heavy atom. The zero-order valence-electron chi connectivity index (χ0n) is 9.75. The van der Waals surface area contributed by atoms with Crippen molar-refractivity contribution in [2.45, 2.75) is 0 Å². The molecule has 92 valence electrons. The van der Waals surface area contributed by atoms with Gasteiger partial charge in [-0.3, -0.25) is 0 Å². The van der Waals surface area contributed by atoms with Gasteiger partial charge in [-0.25, -0.2) is 4.39 Å². The third kappa shape index (κ3) is 3.15. The predicted molar refractivity (Wildman–Crippen MR) is 73.0 cm³/mol. The van der Waals surface area contributed by atoms with Crippen LogP contribution in [-0.2, 0) is 0 Å². The second-order valence-corrected chi connectivity index (χ2v) is 3.96. The maximum atomic E-state index is 12.0. The van der Waals surface area contributed by atoms with E-state index < -0.39 is 6.67 Å². The van der Waals surface area contributed by atoms with E-state index in [4.69, 9.17) is 16.3 Å². The first-order valence-corrected chi connectivity index (χ1v) is 6.14. The van der Waals surface area contributed by atoms with E-state index in [9.17, 15) is 4.39 Å². The third-order valence-corrected chi connectivity index (χ3v) is 2.59. The Balaban J connectivity index is 2.30. The summed E-state index contributed by atoms with van der Waals surface area (Å²) in [4.78, 5) is 0. The molecule has 0 radical (unpaired) electrons. The van der Waals surface area contributed by atoms with E-state index in [-0.39, 0.29) is 6.61 Å². The topological polar surface area (TPSA) is 9.23 Å².